The smallest absolute Gasteiger partial charge is 0.231 e. The van der Waals surface area contributed by atoms with Gasteiger partial charge in [0.25, 0.3) is 0 Å². The number of carbonyl (C=O) groups is 1. The monoisotopic (exact) mass is 614 g/mol. The fraction of sp³-hybridized carbons (Fsp3) is 0.735. The second-order valence-electron chi connectivity index (χ2n) is 13.6. The van der Waals surface area contributed by atoms with E-state index in [-0.39, 0.29) is 11.7 Å². The number of fused-ring (bicyclic) bond motifs is 4. The van der Waals surface area contributed by atoms with Crippen LogP contribution in [0.25, 0.3) is 10.9 Å². The lowest BCUT2D eigenvalue weighted by atomic mass is 9.65. The third-order valence-corrected chi connectivity index (χ3v) is 10.8. The zero-order chi connectivity index (χ0) is 31.0. The number of rotatable bonds is 12. The first-order valence-corrected chi connectivity index (χ1v) is 16.9. The topological polar surface area (TPSA) is 145 Å². The van der Waals surface area contributed by atoms with Crippen molar-refractivity contribution in [1.82, 2.24) is 9.47 Å². The molecule has 5 heterocycles. The van der Waals surface area contributed by atoms with Gasteiger partial charge in [-0.15, -0.1) is 0 Å². The molecule has 10 heteroatoms. The largest absolute Gasteiger partial charge is 0.508 e. The Labute approximate surface area is 259 Å². The summed E-state index contributed by atoms with van der Waals surface area (Å²) in [4.78, 5) is 16.6. The van der Waals surface area contributed by atoms with Gasteiger partial charge in [-0.05, 0) is 67.7 Å². The molecule has 5 N–H and O–H groups in total. The first kappa shape index (κ1) is 31.9. The van der Waals surface area contributed by atoms with Crippen LogP contribution in [0.4, 0.5) is 0 Å². The number of nitrogens with zero attached hydrogens (tertiary/aromatic N) is 2. The van der Waals surface area contributed by atoms with Gasteiger partial charge in [0, 0.05) is 49.2 Å². The predicted molar refractivity (Wildman–Crippen MR) is 165 cm³/mol. The summed E-state index contributed by atoms with van der Waals surface area (Å²) in [7, 11) is 0. The second kappa shape index (κ2) is 13.7. The van der Waals surface area contributed by atoms with Crippen LogP contribution in [0, 0.1) is 11.8 Å². The Bertz CT molecular complexity index is 1300. The Morgan fingerprint density at radius 3 is 2.57 bits per heavy atom. The van der Waals surface area contributed by atoms with E-state index in [2.05, 4.69) is 11.8 Å². The van der Waals surface area contributed by atoms with Crippen molar-refractivity contribution in [2.24, 2.45) is 11.8 Å². The van der Waals surface area contributed by atoms with E-state index in [1.165, 1.54) is 30.6 Å². The van der Waals surface area contributed by atoms with Crippen LogP contribution >= 0.6 is 0 Å². The third kappa shape index (κ3) is 6.07. The standard InChI is InChI=1S/C34H50N2O8/c1-2-21-15-20-16-25-29(21)35(18-20)13-12-23-24-17-22(38)10-11-26(24)36(30(23)25)28(39)9-7-5-3-4-6-8-14-43-34-33(42)32(41)31(40)27(19-37)44-34/h10-11,17,20-21,25,27,29,31-34,37-38,40-42H,2-9,12-16,18-19H2,1H3/t20-,21-,25+,27+,29?,31+,32-,33+,34?/m0/s1. The number of piperidine rings is 2. The van der Waals surface area contributed by atoms with E-state index in [4.69, 9.17) is 9.47 Å². The molecule has 44 heavy (non-hydrogen) atoms. The lowest BCUT2D eigenvalue weighted by Gasteiger charge is -2.53. The molecule has 1 saturated carbocycles. The van der Waals surface area contributed by atoms with Gasteiger partial charge < -0.3 is 35.0 Å². The number of ether oxygens (including phenoxy) is 2. The highest BCUT2D eigenvalue weighted by Gasteiger charge is 2.50. The molecule has 1 aromatic heterocycles. The number of unbranched alkanes of at least 4 members (excludes halogenated alkanes) is 5. The van der Waals surface area contributed by atoms with Gasteiger partial charge in [0.1, 0.15) is 30.2 Å². The molecular formula is C34H50N2O8. The molecular weight excluding hydrogens is 564 g/mol. The summed E-state index contributed by atoms with van der Waals surface area (Å²) >= 11 is 0. The van der Waals surface area contributed by atoms with Gasteiger partial charge in [-0.1, -0.05) is 39.0 Å². The summed E-state index contributed by atoms with van der Waals surface area (Å²) in [5, 5.41) is 50.6. The molecule has 3 saturated heterocycles. The fourth-order valence-electron chi connectivity index (χ4n) is 8.71. The van der Waals surface area contributed by atoms with Crippen LogP contribution in [0.5, 0.6) is 5.75 Å². The van der Waals surface area contributed by atoms with Crippen LogP contribution in [-0.2, 0) is 15.9 Å². The van der Waals surface area contributed by atoms with E-state index >= 15 is 0 Å². The molecule has 3 unspecified atom stereocenters. The third-order valence-electron chi connectivity index (χ3n) is 10.8. The van der Waals surface area contributed by atoms with E-state index in [9.17, 15) is 30.3 Å². The van der Waals surface area contributed by atoms with Gasteiger partial charge in [-0.3, -0.25) is 14.3 Å². The van der Waals surface area contributed by atoms with Crippen molar-refractivity contribution in [1.29, 1.82) is 0 Å². The molecule has 10 nitrogen and oxygen atoms in total. The number of aromatic hydroxyl groups is 1. The van der Waals surface area contributed by atoms with Crippen molar-refractivity contribution in [3.63, 3.8) is 0 Å². The molecule has 2 aromatic rings. The second-order valence-corrected chi connectivity index (χ2v) is 13.6. The van der Waals surface area contributed by atoms with Crippen molar-refractivity contribution >= 4 is 16.8 Å². The van der Waals surface area contributed by atoms with Crippen LogP contribution in [0.2, 0.25) is 0 Å². The summed E-state index contributed by atoms with van der Waals surface area (Å²) < 4.78 is 13.0. The average Bonchev–Trinajstić information content (AvgIpc) is 3.29. The van der Waals surface area contributed by atoms with Gasteiger partial charge in [-0.25, -0.2) is 0 Å². The molecule has 1 aromatic carbocycles. The van der Waals surface area contributed by atoms with Crippen molar-refractivity contribution in [2.45, 2.75) is 120 Å². The molecule has 10 atom stereocenters. The zero-order valence-corrected chi connectivity index (χ0v) is 25.9. The van der Waals surface area contributed by atoms with Crippen LogP contribution in [0.1, 0.15) is 93.1 Å². The number of phenolic OH excluding ortho intramolecular Hbond substituents is 1. The van der Waals surface area contributed by atoms with Crippen LogP contribution in [-0.4, -0.2) is 104 Å². The van der Waals surface area contributed by atoms with Gasteiger partial charge in [-0.2, -0.15) is 0 Å². The van der Waals surface area contributed by atoms with E-state index in [0.29, 0.717) is 36.8 Å². The molecule has 0 spiro atoms. The minimum Gasteiger partial charge on any atom is -0.508 e. The Hall–Kier alpha value is -2.05. The number of aromatic nitrogens is 1. The maximum absolute atomic E-state index is 13.9. The van der Waals surface area contributed by atoms with Crippen LogP contribution in [0.3, 0.4) is 0 Å². The van der Waals surface area contributed by atoms with Gasteiger partial charge in [0.15, 0.2) is 6.29 Å². The summed E-state index contributed by atoms with van der Waals surface area (Å²) in [5.41, 5.74) is 3.44. The van der Waals surface area contributed by atoms with Crippen LogP contribution in [0.15, 0.2) is 18.2 Å². The Balaban J connectivity index is 1.02. The van der Waals surface area contributed by atoms with Crippen molar-refractivity contribution in [3.8, 4) is 5.75 Å². The number of aliphatic hydroxyl groups excluding tert-OH is 4. The number of carbonyl (C=O) groups excluding carboxylic acids is 1. The Morgan fingerprint density at radius 1 is 1.02 bits per heavy atom. The lowest BCUT2D eigenvalue weighted by molar-refractivity contribution is -0.301. The minimum atomic E-state index is -1.43. The molecule has 4 fully saturated rings. The number of phenols is 1. The minimum absolute atomic E-state index is 0.165. The molecule has 4 bridgehead atoms. The summed E-state index contributed by atoms with van der Waals surface area (Å²) in [5.74, 6) is 2.16. The number of aliphatic hydroxyl groups is 4. The molecule has 0 amide bonds. The maximum atomic E-state index is 13.9. The number of hydrogen-bond acceptors (Lipinski definition) is 9. The summed E-state index contributed by atoms with van der Waals surface area (Å²) in [6.45, 7) is 4.38. The first-order valence-electron chi connectivity index (χ1n) is 16.9. The maximum Gasteiger partial charge on any atom is 0.231 e. The molecule has 4 aliphatic heterocycles. The zero-order valence-electron chi connectivity index (χ0n) is 25.9. The molecule has 5 aliphatic rings. The van der Waals surface area contributed by atoms with E-state index < -0.39 is 37.3 Å². The summed E-state index contributed by atoms with van der Waals surface area (Å²) in [6, 6.07) is 6.00. The molecule has 1 aliphatic carbocycles. The molecule has 0 radical (unpaired) electrons. The average molecular weight is 615 g/mol. The SMILES string of the molecule is CC[C@H]1C[C@H]2C[C@H]3c4c(c5cc(O)ccc5n4C(=O)CCCCCCCCOC4O[C@H](CO)[C@@H](O)[C@H](O)[C@H]4O)CCN(C2)C13. The normalized spacial score (nSPS) is 34.7. The highest BCUT2D eigenvalue weighted by atomic mass is 16.7. The quantitative estimate of drug-likeness (QED) is 0.228. The van der Waals surface area contributed by atoms with Gasteiger partial charge >= 0.3 is 0 Å². The molecule has 7 rings (SSSR count). The van der Waals surface area contributed by atoms with Crippen molar-refractivity contribution in [2.75, 3.05) is 26.3 Å². The predicted octanol–water partition coefficient (Wildman–Crippen LogP) is 3.29. The fourth-order valence-corrected chi connectivity index (χ4v) is 8.71. The lowest BCUT2D eigenvalue weighted by Crippen LogP contribution is -2.59. The van der Waals surface area contributed by atoms with Crippen LogP contribution < -0.4 is 0 Å². The molecule has 244 valence electrons. The van der Waals surface area contributed by atoms with Crippen molar-refractivity contribution < 1.29 is 39.8 Å². The van der Waals surface area contributed by atoms with Crippen molar-refractivity contribution in [3.05, 3.63) is 29.5 Å². The summed E-state index contributed by atoms with van der Waals surface area (Å²) in [6.07, 6.45) is 4.28. The van der Waals surface area contributed by atoms with E-state index in [1.54, 1.807) is 6.07 Å². The Kier molecular flexibility index (Phi) is 9.97. The first-order chi connectivity index (χ1) is 21.3. The highest BCUT2D eigenvalue weighted by Crippen LogP contribution is 2.52. The highest BCUT2D eigenvalue weighted by molar-refractivity contribution is 5.97. The Morgan fingerprint density at radius 2 is 1.80 bits per heavy atom. The van der Waals surface area contributed by atoms with Gasteiger partial charge in [0.2, 0.25) is 5.91 Å². The number of hydrogen-bond donors (Lipinski definition) is 5. The van der Waals surface area contributed by atoms with Gasteiger partial charge in [0.05, 0.1) is 12.1 Å². The van der Waals surface area contributed by atoms with E-state index in [0.717, 1.165) is 68.8 Å². The van der Waals surface area contributed by atoms with E-state index in [1.807, 2.05) is 16.7 Å². The number of benzene rings is 1.